The Bertz CT molecular complexity index is 777. The lowest BCUT2D eigenvalue weighted by atomic mass is 9.87. The predicted molar refractivity (Wildman–Crippen MR) is 109 cm³/mol. The molecule has 27 heavy (non-hydrogen) atoms. The highest BCUT2D eigenvalue weighted by Gasteiger charge is 2.14. The van der Waals surface area contributed by atoms with Gasteiger partial charge in [-0.05, 0) is 35.6 Å². The molecule has 2 amide bonds. The van der Waals surface area contributed by atoms with Gasteiger partial charge in [-0.15, -0.1) is 0 Å². The molecule has 0 aliphatic heterocycles. The van der Waals surface area contributed by atoms with Crippen LogP contribution in [-0.4, -0.2) is 23.3 Å². The fraction of sp³-hybridized carbons (Fsp3) is 0.409. The van der Waals surface area contributed by atoms with Crippen molar-refractivity contribution in [1.82, 2.24) is 10.3 Å². The van der Waals surface area contributed by atoms with Gasteiger partial charge in [0.15, 0.2) is 0 Å². The number of nitrogens with one attached hydrogen (secondary N) is 2. The van der Waals surface area contributed by atoms with Gasteiger partial charge < -0.3 is 10.6 Å². The minimum absolute atomic E-state index is 0.0608. The Kier molecular flexibility index (Phi) is 7.11. The monoisotopic (exact) mass is 367 g/mol. The third kappa shape index (κ3) is 6.20. The highest BCUT2D eigenvalue weighted by molar-refractivity contribution is 6.05. The molecule has 0 spiro atoms. The second-order valence-corrected chi connectivity index (χ2v) is 7.71. The Balaban J connectivity index is 2.01. The molecule has 0 radical (unpaired) electrons. The zero-order chi connectivity index (χ0) is 19.9. The molecule has 5 nitrogen and oxygen atoms in total. The van der Waals surface area contributed by atoms with E-state index < -0.39 is 0 Å². The molecule has 0 saturated heterocycles. The van der Waals surface area contributed by atoms with E-state index in [-0.39, 0.29) is 17.2 Å². The molecule has 0 atom stereocenters. The van der Waals surface area contributed by atoms with Gasteiger partial charge in [-0.2, -0.15) is 0 Å². The van der Waals surface area contributed by atoms with Crippen LogP contribution in [0, 0.1) is 0 Å². The van der Waals surface area contributed by atoms with Crippen LogP contribution < -0.4 is 10.6 Å². The first kappa shape index (κ1) is 20.6. The van der Waals surface area contributed by atoms with Gasteiger partial charge in [-0.3, -0.25) is 14.6 Å². The SMILES string of the molecule is CCCCCNC(=O)c1cncc(C(=O)Nc2ccc(C(C)(C)C)cc2)c1. The van der Waals surface area contributed by atoms with Crippen LogP contribution in [0.1, 0.15) is 73.2 Å². The number of amides is 2. The van der Waals surface area contributed by atoms with Crippen LogP contribution >= 0.6 is 0 Å². The maximum absolute atomic E-state index is 12.5. The first-order valence-corrected chi connectivity index (χ1v) is 9.46. The van der Waals surface area contributed by atoms with E-state index in [1.54, 1.807) is 6.07 Å². The summed E-state index contributed by atoms with van der Waals surface area (Å²) in [6.07, 6.45) is 6.07. The summed E-state index contributed by atoms with van der Waals surface area (Å²) in [6.45, 7) is 9.18. The molecule has 0 bridgehead atoms. The van der Waals surface area contributed by atoms with Gasteiger partial charge >= 0.3 is 0 Å². The normalized spacial score (nSPS) is 11.1. The number of carbonyl (C=O) groups is 2. The van der Waals surface area contributed by atoms with Crippen LogP contribution in [0.25, 0.3) is 0 Å². The van der Waals surface area contributed by atoms with E-state index in [0.717, 1.165) is 19.3 Å². The van der Waals surface area contributed by atoms with Crippen LogP contribution in [-0.2, 0) is 5.41 Å². The number of anilines is 1. The van der Waals surface area contributed by atoms with Crippen molar-refractivity contribution in [3.05, 3.63) is 59.4 Å². The minimum atomic E-state index is -0.286. The molecule has 5 heteroatoms. The van der Waals surface area contributed by atoms with Gasteiger partial charge in [0.25, 0.3) is 11.8 Å². The van der Waals surface area contributed by atoms with E-state index >= 15 is 0 Å². The third-order valence-electron chi connectivity index (χ3n) is 4.34. The molecule has 0 fully saturated rings. The molecule has 144 valence electrons. The predicted octanol–water partition coefficient (Wildman–Crippen LogP) is 4.55. The summed E-state index contributed by atoms with van der Waals surface area (Å²) in [5, 5.41) is 5.71. The van der Waals surface area contributed by atoms with E-state index in [9.17, 15) is 9.59 Å². The number of nitrogens with zero attached hydrogens (tertiary/aromatic N) is 1. The van der Waals surface area contributed by atoms with Crippen molar-refractivity contribution in [1.29, 1.82) is 0 Å². The third-order valence-corrected chi connectivity index (χ3v) is 4.34. The maximum Gasteiger partial charge on any atom is 0.257 e. The van der Waals surface area contributed by atoms with Gasteiger partial charge in [0.05, 0.1) is 11.1 Å². The quantitative estimate of drug-likeness (QED) is 0.705. The van der Waals surface area contributed by atoms with Crippen LogP contribution in [0.4, 0.5) is 5.69 Å². The molecule has 0 aliphatic carbocycles. The molecule has 1 aromatic heterocycles. The Labute approximate surface area is 161 Å². The lowest BCUT2D eigenvalue weighted by Crippen LogP contribution is -2.25. The number of unbranched alkanes of at least 4 members (excludes halogenated alkanes) is 2. The molecule has 2 N–H and O–H groups in total. The van der Waals surface area contributed by atoms with E-state index in [2.05, 4.69) is 43.3 Å². The zero-order valence-corrected chi connectivity index (χ0v) is 16.6. The number of hydrogen-bond donors (Lipinski definition) is 2. The Morgan fingerprint density at radius 2 is 1.59 bits per heavy atom. The highest BCUT2D eigenvalue weighted by Crippen LogP contribution is 2.23. The topological polar surface area (TPSA) is 71.1 Å². The molecule has 2 aromatic rings. The van der Waals surface area contributed by atoms with Gasteiger partial charge in [0, 0.05) is 24.6 Å². The molecule has 1 aromatic carbocycles. The van der Waals surface area contributed by atoms with Gasteiger partial charge in [-0.25, -0.2) is 0 Å². The highest BCUT2D eigenvalue weighted by atomic mass is 16.2. The second-order valence-electron chi connectivity index (χ2n) is 7.71. The molecule has 2 rings (SSSR count). The van der Waals surface area contributed by atoms with E-state index in [1.165, 1.54) is 18.0 Å². The minimum Gasteiger partial charge on any atom is -0.352 e. The molecular weight excluding hydrogens is 338 g/mol. The molecule has 0 unspecified atom stereocenters. The number of hydrogen-bond acceptors (Lipinski definition) is 3. The van der Waals surface area contributed by atoms with Crippen molar-refractivity contribution in [3.8, 4) is 0 Å². The van der Waals surface area contributed by atoms with E-state index in [1.807, 2.05) is 24.3 Å². The van der Waals surface area contributed by atoms with E-state index in [0.29, 0.717) is 23.4 Å². The van der Waals surface area contributed by atoms with Gasteiger partial charge in [-0.1, -0.05) is 52.7 Å². The number of pyridine rings is 1. The first-order chi connectivity index (χ1) is 12.8. The summed E-state index contributed by atoms with van der Waals surface area (Å²) in [5.41, 5.74) is 2.72. The molecular formula is C22H29N3O2. The second kappa shape index (κ2) is 9.31. The average molecular weight is 367 g/mol. The van der Waals surface area contributed by atoms with Crippen molar-refractivity contribution in [2.24, 2.45) is 0 Å². The van der Waals surface area contributed by atoms with Crippen molar-refractivity contribution in [2.45, 2.75) is 52.4 Å². The van der Waals surface area contributed by atoms with Crippen LogP contribution in [0.5, 0.6) is 0 Å². The van der Waals surface area contributed by atoms with Gasteiger partial charge in [0.2, 0.25) is 0 Å². The zero-order valence-electron chi connectivity index (χ0n) is 16.6. The number of benzene rings is 1. The number of aromatic nitrogens is 1. The fourth-order valence-corrected chi connectivity index (χ4v) is 2.62. The smallest absolute Gasteiger partial charge is 0.257 e. The summed E-state index contributed by atoms with van der Waals surface area (Å²) in [6, 6.07) is 9.36. The lowest BCUT2D eigenvalue weighted by molar-refractivity contribution is 0.0952. The van der Waals surface area contributed by atoms with Crippen molar-refractivity contribution < 1.29 is 9.59 Å². The Hall–Kier alpha value is -2.69. The summed E-state index contributed by atoms with van der Waals surface area (Å²) in [7, 11) is 0. The fourth-order valence-electron chi connectivity index (χ4n) is 2.62. The van der Waals surface area contributed by atoms with Crippen LogP contribution in [0.15, 0.2) is 42.7 Å². The Morgan fingerprint density at radius 3 is 2.19 bits per heavy atom. The van der Waals surface area contributed by atoms with Gasteiger partial charge in [0.1, 0.15) is 0 Å². The van der Waals surface area contributed by atoms with Crippen molar-refractivity contribution in [2.75, 3.05) is 11.9 Å². The molecule has 0 aliphatic rings. The number of carbonyl (C=O) groups excluding carboxylic acids is 2. The summed E-state index contributed by atoms with van der Waals surface area (Å²) < 4.78 is 0. The van der Waals surface area contributed by atoms with Crippen LogP contribution in [0.3, 0.4) is 0 Å². The number of rotatable bonds is 7. The van der Waals surface area contributed by atoms with E-state index in [4.69, 9.17) is 0 Å². The first-order valence-electron chi connectivity index (χ1n) is 9.46. The average Bonchev–Trinajstić information content (AvgIpc) is 2.65. The summed E-state index contributed by atoms with van der Waals surface area (Å²) >= 11 is 0. The van der Waals surface area contributed by atoms with Crippen molar-refractivity contribution in [3.63, 3.8) is 0 Å². The standard InChI is InChI=1S/C22H29N3O2/c1-5-6-7-12-24-20(26)16-13-17(15-23-14-16)21(27)25-19-10-8-18(9-11-19)22(2,3)4/h8-11,13-15H,5-7,12H2,1-4H3,(H,24,26)(H,25,27). The molecule has 0 saturated carbocycles. The largest absolute Gasteiger partial charge is 0.352 e. The van der Waals surface area contributed by atoms with Crippen LogP contribution in [0.2, 0.25) is 0 Å². The summed E-state index contributed by atoms with van der Waals surface area (Å²) in [4.78, 5) is 28.7. The van der Waals surface area contributed by atoms with Crippen molar-refractivity contribution >= 4 is 17.5 Å². The maximum atomic E-state index is 12.5. The Morgan fingerprint density at radius 1 is 0.963 bits per heavy atom. The summed E-state index contributed by atoms with van der Waals surface area (Å²) in [5.74, 6) is -0.491. The lowest BCUT2D eigenvalue weighted by Gasteiger charge is -2.19. The molecule has 1 heterocycles.